The number of benzene rings is 1. The lowest BCUT2D eigenvalue weighted by molar-refractivity contribution is 0.0791. The standard InChI is InChI=1S/C21H25N5O3S/c1-24-7-9-25(10-8-24)21-22-11-16-14-30(28,29)18-13-26(12-17(18)19(16)23-21)20(27)15-5-3-2-4-6-15/h2-6,11,17-18H,7-10,12-14H2,1H3/t17-,18+/m0/s1. The highest BCUT2D eigenvalue weighted by atomic mass is 32.2. The molecule has 0 aliphatic carbocycles. The average Bonchev–Trinajstić information content (AvgIpc) is 3.21. The van der Waals surface area contributed by atoms with Gasteiger partial charge in [0.25, 0.3) is 5.91 Å². The van der Waals surface area contributed by atoms with Gasteiger partial charge in [0.05, 0.1) is 16.7 Å². The number of aromatic nitrogens is 2. The van der Waals surface area contributed by atoms with Gasteiger partial charge in [-0.15, -0.1) is 0 Å². The number of likely N-dealkylation sites (N-methyl/N-ethyl adjacent to an activating group) is 1. The molecule has 158 valence electrons. The molecule has 0 bridgehead atoms. The number of amides is 1. The van der Waals surface area contributed by atoms with Crippen LogP contribution in [-0.2, 0) is 15.6 Å². The average molecular weight is 428 g/mol. The first kappa shape index (κ1) is 19.4. The maximum absolute atomic E-state index is 12.9. The van der Waals surface area contributed by atoms with Crippen LogP contribution in [0.3, 0.4) is 0 Å². The predicted octanol–water partition coefficient (Wildman–Crippen LogP) is 0.765. The van der Waals surface area contributed by atoms with Crippen molar-refractivity contribution in [3.8, 4) is 0 Å². The Kier molecular flexibility index (Phi) is 4.74. The lowest BCUT2D eigenvalue weighted by Gasteiger charge is -2.33. The van der Waals surface area contributed by atoms with Gasteiger partial charge in [0.1, 0.15) is 0 Å². The van der Waals surface area contributed by atoms with E-state index in [1.807, 2.05) is 18.2 Å². The van der Waals surface area contributed by atoms with Crippen molar-refractivity contribution in [2.24, 2.45) is 0 Å². The summed E-state index contributed by atoms with van der Waals surface area (Å²) in [5.74, 6) is 0.170. The molecular formula is C21H25N5O3S. The Morgan fingerprint density at radius 1 is 1.07 bits per heavy atom. The number of sulfone groups is 1. The molecule has 2 aromatic rings. The van der Waals surface area contributed by atoms with Crippen LogP contribution in [0.5, 0.6) is 0 Å². The van der Waals surface area contributed by atoms with Crippen LogP contribution >= 0.6 is 0 Å². The highest BCUT2D eigenvalue weighted by Gasteiger charge is 2.48. The minimum absolute atomic E-state index is 0.0557. The zero-order valence-corrected chi connectivity index (χ0v) is 17.8. The molecule has 3 aliphatic heterocycles. The SMILES string of the molecule is CN1CCN(c2ncc3c(n2)[C@H]2CN(C(=O)c4ccccc4)C[C@H]2S(=O)(=O)C3)CC1. The van der Waals surface area contributed by atoms with E-state index in [1.165, 1.54) is 0 Å². The molecule has 4 heterocycles. The van der Waals surface area contributed by atoms with E-state index in [4.69, 9.17) is 4.98 Å². The van der Waals surface area contributed by atoms with Gasteiger partial charge >= 0.3 is 0 Å². The van der Waals surface area contributed by atoms with Gasteiger partial charge in [-0.1, -0.05) is 18.2 Å². The maximum atomic E-state index is 12.9. The minimum atomic E-state index is -3.36. The number of rotatable bonds is 2. The molecule has 1 aromatic carbocycles. The fraction of sp³-hybridized carbons (Fsp3) is 0.476. The smallest absolute Gasteiger partial charge is 0.253 e. The van der Waals surface area contributed by atoms with Gasteiger partial charge in [0.2, 0.25) is 5.95 Å². The Hall–Kier alpha value is -2.52. The van der Waals surface area contributed by atoms with E-state index in [2.05, 4.69) is 21.8 Å². The number of anilines is 1. The monoisotopic (exact) mass is 427 g/mol. The second-order valence-electron chi connectivity index (χ2n) is 8.40. The van der Waals surface area contributed by atoms with E-state index in [-0.39, 0.29) is 24.1 Å². The molecule has 0 saturated carbocycles. The van der Waals surface area contributed by atoms with E-state index >= 15 is 0 Å². The Morgan fingerprint density at radius 2 is 1.80 bits per heavy atom. The van der Waals surface area contributed by atoms with Gasteiger partial charge in [-0.05, 0) is 19.2 Å². The number of nitrogens with zero attached hydrogens (tertiary/aromatic N) is 5. The topological polar surface area (TPSA) is 86.7 Å². The van der Waals surface area contributed by atoms with Crippen molar-refractivity contribution in [1.82, 2.24) is 19.8 Å². The highest BCUT2D eigenvalue weighted by molar-refractivity contribution is 7.91. The number of likely N-dealkylation sites (tertiary alicyclic amines) is 1. The third kappa shape index (κ3) is 3.35. The Labute approximate surface area is 176 Å². The molecule has 2 saturated heterocycles. The molecule has 0 unspecified atom stereocenters. The summed E-state index contributed by atoms with van der Waals surface area (Å²) in [6.45, 7) is 4.17. The van der Waals surface area contributed by atoms with Crippen LogP contribution in [-0.4, -0.2) is 85.7 Å². The molecule has 1 aromatic heterocycles. The summed E-state index contributed by atoms with van der Waals surface area (Å²) in [4.78, 5) is 28.3. The Balaban J connectivity index is 1.46. The molecule has 3 aliphatic rings. The molecular weight excluding hydrogens is 402 g/mol. The summed E-state index contributed by atoms with van der Waals surface area (Å²) in [5, 5.41) is -0.604. The van der Waals surface area contributed by atoms with E-state index < -0.39 is 15.1 Å². The van der Waals surface area contributed by atoms with Crippen molar-refractivity contribution in [3.63, 3.8) is 0 Å². The summed E-state index contributed by atoms with van der Waals surface area (Å²) in [6.07, 6.45) is 1.67. The van der Waals surface area contributed by atoms with E-state index in [1.54, 1.807) is 23.2 Å². The summed E-state index contributed by atoms with van der Waals surface area (Å²) in [5.41, 5.74) is 2.04. The fourth-order valence-electron chi connectivity index (χ4n) is 4.65. The maximum Gasteiger partial charge on any atom is 0.253 e. The summed E-state index contributed by atoms with van der Waals surface area (Å²) < 4.78 is 25.9. The van der Waals surface area contributed by atoms with Crippen LogP contribution < -0.4 is 4.90 Å². The second-order valence-corrected chi connectivity index (χ2v) is 10.6. The number of fused-ring (bicyclic) bond motifs is 3. The van der Waals surface area contributed by atoms with Crippen LogP contribution in [0.4, 0.5) is 5.95 Å². The number of carbonyl (C=O) groups is 1. The molecule has 8 nitrogen and oxygen atoms in total. The third-order valence-corrected chi connectivity index (χ3v) is 8.53. The molecule has 0 N–H and O–H groups in total. The molecule has 2 atom stereocenters. The van der Waals surface area contributed by atoms with E-state index in [9.17, 15) is 13.2 Å². The predicted molar refractivity (Wildman–Crippen MR) is 113 cm³/mol. The van der Waals surface area contributed by atoms with Crippen LogP contribution in [0.25, 0.3) is 0 Å². The quantitative estimate of drug-likeness (QED) is 0.700. The van der Waals surface area contributed by atoms with Gasteiger partial charge < -0.3 is 14.7 Å². The lowest BCUT2D eigenvalue weighted by atomic mass is 10.00. The zero-order valence-electron chi connectivity index (χ0n) is 16.9. The first-order valence-electron chi connectivity index (χ1n) is 10.3. The Morgan fingerprint density at radius 3 is 2.53 bits per heavy atom. The van der Waals surface area contributed by atoms with E-state index in [0.29, 0.717) is 23.6 Å². The van der Waals surface area contributed by atoms with Gasteiger partial charge in [-0.2, -0.15) is 0 Å². The number of hydrogen-bond donors (Lipinski definition) is 0. The first-order chi connectivity index (χ1) is 14.4. The normalized spacial score (nSPS) is 25.6. The van der Waals surface area contributed by atoms with Crippen molar-refractivity contribution < 1.29 is 13.2 Å². The molecule has 5 rings (SSSR count). The fourth-order valence-corrected chi connectivity index (χ4v) is 6.65. The molecule has 0 radical (unpaired) electrons. The van der Waals surface area contributed by atoms with Gasteiger partial charge in [-0.3, -0.25) is 4.79 Å². The molecule has 0 spiro atoms. The Bertz CT molecular complexity index is 1070. The molecule has 9 heteroatoms. The van der Waals surface area contributed by atoms with Crippen LogP contribution in [0, 0.1) is 0 Å². The van der Waals surface area contributed by atoms with Crippen LogP contribution in [0.15, 0.2) is 36.5 Å². The minimum Gasteiger partial charge on any atom is -0.338 e. The van der Waals surface area contributed by atoms with Crippen LogP contribution in [0.2, 0.25) is 0 Å². The number of piperazine rings is 1. The lowest BCUT2D eigenvalue weighted by Crippen LogP contribution is -2.45. The largest absolute Gasteiger partial charge is 0.338 e. The molecule has 30 heavy (non-hydrogen) atoms. The summed E-state index contributed by atoms with van der Waals surface area (Å²) in [7, 11) is -1.27. The summed E-state index contributed by atoms with van der Waals surface area (Å²) in [6, 6.07) is 9.02. The first-order valence-corrected chi connectivity index (χ1v) is 12.0. The van der Waals surface area contributed by atoms with Crippen molar-refractivity contribution >= 4 is 21.7 Å². The van der Waals surface area contributed by atoms with Crippen LogP contribution in [0.1, 0.15) is 27.5 Å². The molecule has 1 amide bonds. The summed E-state index contributed by atoms with van der Waals surface area (Å²) >= 11 is 0. The van der Waals surface area contributed by atoms with Gasteiger partial charge in [0, 0.05) is 62.5 Å². The number of hydrogen-bond acceptors (Lipinski definition) is 7. The third-order valence-electron chi connectivity index (χ3n) is 6.41. The molecule has 2 fully saturated rings. The van der Waals surface area contributed by atoms with Gasteiger partial charge in [-0.25, -0.2) is 18.4 Å². The highest BCUT2D eigenvalue weighted by Crippen LogP contribution is 2.40. The number of carbonyl (C=O) groups excluding carboxylic acids is 1. The van der Waals surface area contributed by atoms with Crippen molar-refractivity contribution in [3.05, 3.63) is 53.3 Å². The zero-order chi connectivity index (χ0) is 20.9. The van der Waals surface area contributed by atoms with E-state index in [0.717, 1.165) is 31.9 Å². The van der Waals surface area contributed by atoms with Crippen molar-refractivity contribution in [1.29, 1.82) is 0 Å². The van der Waals surface area contributed by atoms with Crippen molar-refractivity contribution in [2.45, 2.75) is 16.9 Å². The second kappa shape index (κ2) is 7.31. The van der Waals surface area contributed by atoms with Crippen molar-refractivity contribution in [2.75, 3.05) is 51.2 Å². The van der Waals surface area contributed by atoms with Gasteiger partial charge in [0.15, 0.2) is 9.84 Å².